The molecule has 12 nitrogen and oxygen atoms in total. The Morgan fingerprint density at radius 1 is 0.831 bits per heavy atom. The Balaban J connectivity index is 1.22. The average Bonchev–Trinajstić information content (AvgIpc) is 3.93. The van der Waals surface area contributed by atoms with Gasteiger partial charge in [0, 0.05) is 44.5 Å². The van der Waals surface area contributed by atoms with Crippen LogP contribution in [0.4, 0.5) is 51.6 Å². The van der Waals surface area contributed by atoms with Gasteiger partial charge in [0.2, 0.25) is 0 Å². The molecule has 0 spiro atoms. The summed E-state index contributed by atoms with van der Waals surface area (Å²) in [5.41, 5.74) is -7.54. The molecule has 0 N–H and O–H groups in total. The van der Waals surface area contributed by atoms with Crippen molar-refractivity contribution in [3.05, 3.63) is 94.3 Å². The van der Waals surface area contributed by atoms with E-state index >= 15 is 30.7 Å². The number of rotatable bonds is 12. The van der Waals surface area contributed by atoms with Gasteiger partial charge in [-0.15, -0.1) is 0 Å². The maximum atomic E-state index is 18.0. The summed E-state index contributed by atoms with van der Waals surface area (Å²) in [6.07, 6.45) is -9.92. The Morgan fingerprint density at radius 2 is 1.44 bits per heavy atom. The number of fused-ring (bicyclic) bond motifs is 4. The number of aryl methyl sites for hydroxylation is 1. The van der Waals surface area contributed by atoms with Crippen molar-refractivity contribution in [1.82, 2.24) is 24.8 Å². The van der Waals surface area contributed by atoms with Gasteiger partial charge in [0.05, 0.1) is 54.2 Å². The summed E-state index contributed by atoms with van der Waals surface area (Å²) in [6, 6.07) is 14.0. The molecule has 71 heavy (non-hydrogen) atoms. The Morgan fingerprint density at radius 3 is 1.99 bits per heavy atom. The van der Waals surface area contributed by atoms with Crippen LogP contribution >= 0.6 is 0 Å². The molecule has 0 saturated carbocycles. The zero-order chi connectivity index (χ0) is 50.8. The van der Waals surface area contributed by atoms with Gasteiger partial charge in [-0.1, -0.05) is 24.3 Å². The summed E-state index contributed by atoms with van der Waals surface area (Å²) >= 11 is 0. The highest BCUT2D eigenvalue weighted by atomic mass is 19.4. The number of pyridine rings is 1. The van der Waals surface area contributed by atoms with Gasteiger partial charge in [-0.05, 0) is 113 Å². The van der Waals surface area contributed by atoms with E-state index in [1.807, 2.05) is 4.90 Å². The molecule has 2 unspecified atom stereocenters. The summed E-state index contributed by atoms with van der Waals surface area (Å²) in [4.78, 5) is 33.5. The molecule has 4 fully saturated rings. The molecule has 380 valence electrons. The van der Waals surface area contributed by atoms with Crippen LogP contribution < -0.4 is 24.0 Å². The van der Waals surface area contributed by atoms with Crippen molar-refractivity contribution in [2.45, 2.75) is 115 Å². The smallest absolute Gasteiger partial charge is 0.418 e. The Bertz CT molecular complexity index is 2730. The molecule has 20 heteroatoms. The topological polar surface area (TPSA) is 106 Å². The standard InChI is InChI=1S/C51H55F8N7O5/c1-29-20-39(63(23-30-8-14-35(68-5)15-9-30)24-31-10-16-36(69-6)17-11-31)60-44(41(29)51(57,58)59)40-38(50(54,55)56)21-37-43(42(40)53)61-46(70-28-49-18-7-19-65(49)25-32(52)22-49)62-45(37)64-26-33-12-13-34(27-64)66(33)47(67)71-48(2,3)4/h8-11,14-17,20-21,32-34H,7,12-13,18-19,22-28H2,1-6H3/t32-,33?,34?,49+/m1/s1. The van der Waals surface area contributed by atoms with E-state index in [0.717, 1.165) is 19.4 Å². The number of anilines is 2. The fourth-order valence-corrected chi connectivity index (χ4v) is 10.8. The van der Waals surface area contributed by atoms with Crippen molar-refractivity contribution in [3.63, 3.8) is 0 Å². The summed E-state index contributed by atoms with van der Waals surface area (Å²) in [6.45, 7) is 7.07. The van der Waals surface area contributed by atoms with Crippen LogP contribution in [0.1, 0.15) is 80.7 Å². The number of amides is 1. The van der Waals surface area contributed by atoms with Gasteiger partial charge in [-0.3, -0.25) is 9.80 Å². The molecule has 2 bridgehead atoms. The Labute approximate surface area is 405 Å². The minimum Gasteiger partial charge on any atom is -0.497 e. The van der Waals surface area contributed by atoms with Gasteiger partial charge < -0.3 is 28.7 Å². The van der Waals surface area contributed by atoms with E-state index in [-0.39, 0.29) is 57.4 Å². The number of methoxy groups -OCH3 is 2. The lowest BCUT2D eigenvalue weighted by molar-refractivity contribution is -0.139. The zero-order valence-electron chi connectivity index (χ0n) is 40.2. The number of halogens is 8. The van der Waals surface area contributed by atoms with E-state index in [9.17, 15) is 9.18 Å². The van der Waals surface area contributed by atoms with E-state index in [0.29, 0.717) is 54.5 Å². The van der Waals surface area contributed by atoms with Crippen molar-refractivity contribution in [2.75, 3.05) is 56.8 Å². The highest BCUT2D eigenvalue weighted by Crippen LogP contribution is 2.49. The fraction of sp³-hybridized carbons (Fsp3) is 0.490. The van der Waals surface area contributed by atoms with Crippen LogP contribution in [0.25, 0.3) is 22.2 Å². The van der Waals surface area contributed by atoms with Crippen LogP contribution in [0.15, 0.2) is 60.7 Å². The highest BCUT2D eigenvalue weighted by molar-refractivity contribution is 5.95. The molecule has 1 amide bonds. The Kier molecular flexibility index (Phi) is 13.2. The lowest BCUT2D eigenvalue weighted by atomic mass is 9.94. The number of hydrogen-bond acceptors (Lipinski definition) is 11. The minimum absolute atomic E-state index is 0.0160. The van der Waals surface area contributed by atoms with Gasteiger partial charge in [-0.25, -0.2) is 18.6 Å². The number of piperazine rings is 1. The second kappa shape index (κ2) is 18.8. The molecule has 0 radical (unpaired) electrons. The monoisotopic (exact) mass is 997 g/mol. The molecular weight excluding hydrogens is 943 g/mol. The van der Waals surface area contributed by atoms with Crippen molar-refractivity contribution in [1.29, 1.82) is 0 Å². The SMILES string of the molecule is COc1ccc(CN(Cc2ccc(OC)cc2)c2cc(C)c(C(F)(F)F)c(-c3c(C(F)(F)F)cc4c(N5CC6CCC(C5)N6C(=O)OC(C)(C)C)nc(OC[C@@]56CCCN5C[C@H](F)C6)nc4c3F)n2)cc1. The van der Waals surface area contributed by atoms with Crippen LogP contribution in [-0.4, -0.2) is 107 Å². The molecule has 6 heterocycles. The van der Waals surface area contributed by atoms with Crippen molar-refractivity contribution < 1.29 is 58.9 Å². The number of alkyl halides is 7. The maximum Gasteiger partial charge on any atom is 0.418 e. The third kappa shape index (κ3) is 10.0. The predicted octanol–water partition coefficient (Wildman–Crippen LogP) is 10.9. The van der Waals surface area contributed by atoms with Gasteiger partial charge in [0.15, 0.2) is 5.82 Å². The van der Waals surface area contributed by atoms with Crippen LogP contribution in [-0.2, 0) is 30.2 Å². The number of ether oxygens (including phenoxy) is 4. The molecule has 0 aliphatic carbocycles. The van der Waals surface area contributed by atoms with E-state index < -0.39 is 98.5 Å². The maximum absolute atomic E-state index is 18.0. The van der Waals surface area contributed by atoms with Gasteiger partial charge in [0.1, 0.15) is 47.0 Å². The molecule has 4 saturated heterocycles. The summed E-state index contributed by atoms with van der Waals surface area (Å²) in [5, 5.41) is -0.441. The van der Waals surface area contributed by atoms with E-state index in [1.54, 1.807) is 84.0 Å². The van der Waals surface area contributed by atoms with Gasteiger partial charge in [0.25, 0.3) is 0 Å². The first kappa shape index (κ1) is 49.8. The fourth-order valence-electron chi connectivity index (χ4n) is 10.8. The normalized spacial score (nSPS) is 21.5. The second-order valence-corrected chi connectivity index (χ2v) is 19.9. The third-order valence-electron chi connectivity index (χ3n) is 13.9. The lowest BCUT2D eigenvalue weighted by Crippen LogP contribution is -2.57. The van der Waals surface area contributed by atoms with Crippen molar-refractivity contribution in [2.24, 2.45) is 0 Å². The van der Waals surface area contributed by atoms with E-state index in [1.165, 1.54) is 14.2 Å². The first-order valence-electron chi connectivity index (χ1n) is 23.5. The van der Waals surface area contributed by atoms with Gasteiger partial charge in [-0.2, -0.15) is 36.3 Å². The molecule has 9 rings (SSSR count). The quantitative estimate of drug-likeness (QED) is 0.112. The highest BCUT2D eigenvalue weighted by Gasteiger charge is 2.50. The molecule has 4 aliphatic heterocycles. The lowest BCUT2D eigenvalue weighted by Gasteiger charge is -2.42. The first-order chi connectivity index (χ1) is 33.5. The molecule has 4 aliphatic rings. The number of nitrogens with zero attached hydrogens (tertiary/aromatic N) is 7. The first-order valence-corrected chi connectivity index (χ1v) is 23.5. The van der Waals surface area contributed by atoms with E-state index in [2.05, 4.69) is 15.0 Å². The Hall–Kier alpha value is -6.18. The van der Waals surface area contributed by atoms with E-state index in [4.69, 9.17) is 18.9 Å². The number of hydrogen-bond donors (Lipinski definition) is 0. The molecule has 3 aromatic carbocycles. The van der Waals surface area contributed by atoms with Crippen molar-refractivity contribution >= 4 is 28.6 Å². The van der Waals surface area contributed by atoms with Gasteiger partial charge >= 0.3 is 24.5 Å². The number of carbonyl (C=O) groups is 1. The molecule has 2 aromatic heterocycles. The number of carbonyl (C=O) groups excluding carboxylic acids is 1. The third-order valence-corrected chi connectivity index (χ3v) is 13.9. The van der Waals surface area contributed by atoms with Crippen LogP contribution in [0, 0.1) is 12.7 Å². The van der Waals surface area contributed by atoms with Crippen molar-refractivity contribution in [3.8, 4) is 28.8 Å². The predicted molar refractivity (Wildman–Crippen MR) is 249 cm³/mol. The van der Waals surface area contributed by atoms with Crippen LogP contribution in [0.5, 0.6) is 17.5 Å². The zero-order valence-corrected chi connectivity index (χ0v) is 40.2. The van der Waals surface area contributed by atoms with Crippen LogP contribution in [0.2, 0.25) is 0 Å². The number of benzene rings is 3. The molecule has 5 aromatic rings. The summed E-state index contributed by atoms with van der Waals surface area (Å²) in [5.74, 6) is -0.989. The molecular formula is C51H55F8N7O5. The second-order valence-electron chi connectivity index (χ2n) is 19.9. The number of aromatic nitrogens is 3. The largest absolute Gasteiger partial charge is 0.497 e. The van der Waals surface area contributed by atoms with Crippen LogP contribution in [0.3, 0.4) is 0 Å². The summed E-state index contributed by atoms with van der Waals surface area (Å²) < 4.78 is 149. The minimum atomic E-state index is -5.44. The molecule has 4 atom stereocenters. The average molecular weight is 998 g/mol. The summed E-state index contributed by atoms with van der Waals surface area (Å²) in [7, 11) is 2.98.